The zero-order chi connectivity index (χ0) is 15.4. The first-order valence-corrected chi connectivity index (χ1v) is 7.42. The number of hydrogen-bond acceptors (Lipinski definition) is 2. The van der Waals surface area contributed by atoms with Crippen molar-refractivity contribution < 1.29 is 9.13 Å². The highest BCUT2D eigenvalue weighted by Gasteiger charge is 2.11. The van der Waals surface area contributed by atoms with Crippen molar-refractivity contribution in [2.45, 2.75) is 25.8 Å². The molecule has 2 nitrogen and oxygen atoms in total. The smallest absolute Gasteiger partial charge is 0.145 e. The first-order valence-electron chi connectivity index (χ1n) is 6.66. The largest absolute Gasteiger partial charge is 0.457 e. The molecule has 0 fully saturated rings. The first-order chi connectivity index (χ1) is 9.99. The van der Waals surface area contributed by atoms with Gasteiger partial charge in [0.2, 0.25) is 0 Å². The van der Waals surface area contributed by atoms with E-state index in [-0.39, 0.29) is 11.1 Å². The van der Waals surface area contributed by atoms with Gasteiger partial charge in [-0.2, -0.15) is 0 Å². The average molecular weight is 328 g/mol. The van der Waals surface area contributed by atoms with Crippen LogP contribution in [0, 0.1) is 5.82 Å². The molecule has 0 aliphatic carbocycles. The summed E-state index contributed by atoms with van der Waals surface area (Å²) in [7, 11) is 0. The van der Waals surface area contributed by atoms with E-state index in [2.05, 4.69) is 0 Å². The van der Waals surface area contributed by atoms with Crippen LogP contribution < -0.4 is 10.5 Å². The lowest BCUT2D eigenvalue weighted by atomic mass is 10.0. The fourth-order valence-electron chi connectivity index (χ4n) is 1.89. The Balaban J connectivity index is 2.28. The predicted octanol–water partition coefficient (Wildman–Crippen LogP) is 5.20. The zero-order valence-corrected chi connectivity index (χ0v) is 13.1. The van der Waals surface area contributed by atoms with Crippen LogP contribution in [0.4, 0.5) is 4.39 Å². The van der Waals surface area contributed by atoms with E-state index < -0.39 is 5.82 Å². The molecule has 2 rings (SSSR count). The molecule has 2 aromatic carbocycles. The standard InChI is InChI=1S/C16H16Cl2FNO/c1-2-12(20)7-10-3-4-11(17)8-16(10)21-13-5-6-14(18)15(19)9-13/h3-6,8-9,12H,2,7,20H2,1H3. The van der Waals surface area contributed by atoms with Gasteiger partial charge >= 0.3 is 0 Å². The Morgan fingerprint density at radius 1 is 1.19 bits per heavy atom. The van der Waals surface area contributed by atoms with Gasteiger partial charge in [0.05, 0.1) is 5.02 Å². The number of ether oxygens (including phenoxy) is 1. The Labute approximate surface area is 133 Å². The minimum absolute atomic E-state index is 0.0375. The zero-order valence-electron chi connectivity index (χ0n) is 11.6. The van der Waals surface area contributed by atoms with E-state index in [4.69, 9.17) is 33.7 Å². The van der Waals surface area contributed by atoms with Gasteiger partial charge in [0.1, 0.15) is 17.3 Å². The Kier molecular flexibility index (Phi) is 5.45. The number of nitrogens with two attached hydrogens (primary N) is 1. The van der Waals surface area contributed by atoms with Crippen LogP contribution in [0.3, 0.4) is 0 Å². The number of hydrogen-bond donors (Lipinski definition) is 1. The van der Waals surface area contributed by atoms with Crippen LogP contribution in [-0.4, -0.2) is 6.04 Å². The van der Waals surface area contributed by atoms with Gasteiger partial charge in [-0.05, 0) is 42.7 Å². The van der Waals surface area contributed by atoms with Gasteiger partial charge in [-0.15, -0.1) is 0 Å². The highest BCUT2D eigenvalue weighted by Crippen LogP contribution is 2.31. The third-order valence-electron chi connectivity index (χ3n) is 3.15. The number of rotatable bonds is 5. The molecule has 0 saturated heterocycles. The fourth-order valence-corrected chi connectivity index (χ4v) is 2.17. The van der Waals surface area contributed by atoms with Crippen molar-refractivity contribution in [2.75, 3.05) is 0 Å². The SMILES string of the molecule is CCC(N)Cc1ccc(Cl)cc1Oc1ccc(Cl)c(F)c1. The number of halogens is 3. The highest BCUT2D eigenvalue weighted by atomic mass is 35.5. The summed E-state index contributed by atoms with van der Waals surface area (Å²) in [5.41, 5.74) is 6.92. The summed E-state index contributed by atoms with van der Waals surface area (Å²) in [5.74, 6) is 0.418. The molecule has 0 radical (unpaired) electrons. The Morgan fingerprint density at radius 2 is 1.95 bits per heavy atom. The Hall–Kier alpha value is -1.29. The molecular weight excluding hydrogens is 312 g/mol. The summed E-state index contributed by atoms with van der Waals surface area (Å²) in [4.78, 5) is 0. The molecule has 0 bridgehead atoms. The second-order valence-corrected chi connectivity index (χ2v) is 5.65. The van der Waals surface area contributed by atoms with Gasteiger partial charge in [-0.3, -0.25) is 0 Å². The average Bonchev–Trinajstić information content (AvgIpc) is 2.45. The lowest BCUT2D eigenvalue weighted by molar-refractivity contribution is 0.467. The molecule has 0 amide bonds. The van der Waals surface area contributed by atoms with Crippen LogP contribution in [0.5, 0.6) is 11.5 Å². The van der Waals surface area contributed by atoms with Crippen LogP contribution in [0.1, 0.15) is 18.9 Å². The highest BCUT2D eigenvalue weighted by molar-refractivity contribution is 6.31. The van der Waals surface area contributed by atoms with Crippen LogP contribution in [0.25, 0.3) is 0 Å². The quantitative estimate of drug-likeness (QED) is 0.818. The van der Waals surface area contributed by atoms with E-state index in [0.717, 1.165) is 12.0 Å². The summed E-state index contributed by atoms with van der Waals surface area (Å²) in [6.45, 7) is 2.02. The normalized spacial score (nSPS) is 12.2. The summed E-state index contributed by atoms with van der Waals surface area (Å²) < 4.78 is 19.2. The molecule has 0 aliphatic heterocycles. The Bertz CT molecular complexity index is 634. The molecule has 2 N–H and O–H groups in total. The van der Waals surface area contributed by atoms with E-state index in [1.165, 1.54) is 12.1 Å². The maximum Gasteiger partial charge on any atom is 0.145 e. The maximum absolute atomic E-state index is 13.5. The van der Waals surface area contributed by atoms with Crippen molar-refractivity contribution in [1.82, 2.24) is 0 Å². The topological polar surface area (TPSA) is 35.2 Å². The third kappa shape index (κ3) is 4.34. The summed E-state index contributed by atoms with van der Waals surface area (Å²) in [6, 6.07) is 9.70. The number of benzene rings is 2. The minimum Gasteiger partial charge on any atom is -0.457 e. The van der Waals surface area contributed by atoms with E-state index in [1.54, 1.807) is 18.2 Å². The van der Waals surface area contributed by atoms with Crippen molar-refractivity contribution in [3.63, 3.8) is 0 Å². The van der Waals surface area contributed by atoms with E-state index in [1.807, 2.05) is 13.0 Å². The molecule has 1 atom stereocenters. The summed E-state index contributed by atoms with van der Waals surface area (Å²) >= 11 is 11.7. The Morgan fingerprint density at radius 3 is 2.62 bits per heavy atom. The van der Waals surface area contributed by atoms with Crippen molar-refractivity contribution in [2.24, 2.45) is 5.73 Å². The molecule has 2 aromatic rings. The molecule has 0 spiro atoms. The van der Waals surface area contributed by atoms with Crippen LogP contribution in [0.15, 0.2) is 36.4 Å². The summed E-state index contributed by atoms with van der Waals surface area (Å²) in [6.07, 6.45) is 1.52. The van der Waals surface area contributed by atoms with Crippen LogP contribution in [-0.2, 0) is 6.42 Å². The second-order valence-electron chi connectivity index (χ2n) is 4.80. The molecule has 0 aromatic heterocycles. The van der Waals surface area contributed by atoms with Crippen molar-refractivity contribution in [1.29, 1.82) is 0 Å². The van der Waals surface area contributed by atoms with Gasteiger partial charge in [-0.25, -0.2) is 4.39 Å². The molecule has 5 heteroatoms. The van der Waals surface area contributed by atoms with Crippen molar-refractivity contribution >= 4 is 23.2 Å². The molecule has 0 saturated carbocycles. The molecule has 112 valence electrons. The van der Waals surface area contributed by atoms with Crippen LogP contribution in [0.2, 0.25) is 10.0 Å². The molecule has 1 unspecified atom stereocenters. The van der Waals surface area contributed by atoms with Gasteiger partial charge in [0, 0.05) is 17.1 Å². The summed E-state index contributed by atoms with van der Waals surface area (Å²) in [5, 5.41) is 0.606. The minimum atomic E-state index is -0.525. The van der Waals surface area contributed by atoms with Crippen molar-refractivity contribution in [3.8, 4) is 11.5 Å². The lowest BCUT2D eigenvalue weighted by Gasteiger charge is -2.15. The molecule has 0 heterocycles. The van der Waals surface area contributed by atoms with Gasteiger partial charge < -0.3 is 10.5 Å². The van der Waals surface area contributed by atoms with Crippen LogP contribution >= 0.6 is 23.2 Å². The van der Waals surface area contributed by atoms with Gasteiger partial charge in [0.25, 0.3) is 0 Å². The monoisotopic (exact) mass is 327 g/mol. The van der Waals surface area contributed by atoms with Gasteiger partial charge in [0.15, 0.2) is 0 Å². The second kappa shape index (κ2) is 7.12. The van der Waals surface area contributed by atoms with Crippen molar-refractivity contribution in [3.05, 3.63) is 57.8 Å². The van der Waals surface area contributed by atoms with Gasteiger partial charge in [-0.1, -0.05) is 36.2 Å². The lowest BCUT2D eigenvalue weighted by Crippen LogP contribution is -2.21. The molecular formula is C16H16Cl2FNO. The maximum atomic E-state index is 13.5. The molecule has 0 aliphatic rings. The fraction of sp³-hybridized carbons (Fsp3) is 0.250. The van der Waals surface area contributed by atoms with E-state index >= 15 is 0 Å². The van der Waals surface area contributed by atoms with E-state index in [0.29, 0.717) is 22.9 Å². The third-order valence-corrected chi connectivity index (χ3v) is 3.70. The predicted molar refractivity (Wildman–Crippen MR) is 84.9 cm³/mol. The van der Waals surface area contributed by atoms with E-state index in [9.17, 15) is 4.39 Å². The molecule has 21 heavy (non-hydrogen) atoms. The first kappa shape index (κ1) is 16.1.